The number of aromatic amines is 1. The zero-order valence-electron chi connectivity index (χ0n) is 17.1. The summed E-state index contributed by atoms with van der Waals surface area (Å²) in [7, 11) is 0. The maximum atomic E-state index is 15.1. The van der Waals surface area contributed by atoms with E-state index < -0.39 is 24.3 Å². The summed E-state index contributed by atoms with van der Waals surface area (Å²) >= 11 is 0. The molecule has 0 aliphatic heterocycles. The normalized spacial score (nSPS) is 31.2. The third kappa shape index (κ3) is 3.12. The van der Waals surface area contributed by atoms with Gasteiger partial charge in [0, 0.05) is 35.6 Å². The Morgan fingerprint density at radius 3 is 2.94 bits per heavy atom. The molecule has 10 heteroatoms. The van der Waals surface area contributed by atoms with Crippen molar-refractivity contribution in [2.24, 2.45) is 5.92 Å². The fraction of sp³-hybridized carbons (Fsp3) is 0.524. The van der Waals surface area contributed by atoms with Gasteiger partial charge in [-0.25, -0.2) is 18.7 Å². The van der Waals surface area contributed by atoms with Gasteiger partial charge in [0.05, 0.1) is 5.69 Å². The Kier molecular flexibility index (Phi) is 4.00. The van der Waals surface area contributed by atoms with E-state index in [1.807, 2.05) is 13.0 Å². The minimum Gasteiger partial charge on any atom is -0.443 e. The van der Waals surface area contributed by atoms with Crippen LogP contribution in [0.2, 0.25) is 0 Å². The Morgan fingerprint density at radius 1 is 1.32 bits per heavy atom. The van der Waals surface area contributed by atoms with Gasteiger partial charge in [0.2, 0.25) is 0 Å². The van der Waals surface area contributed by atoms with Crippen LogP contribution in [0.1, 0.15) is 49.4 Å². The highest BCUT2D eigenvalue weighted by molar-refractivity contribution is 5.72. The lowest BCUT2D eigenvalue weighted by atomic mass is 9.50. The number of hydrogen-bond donors (Lipinski definition) is 3. The monoisotopic (exact) mass is 425 g/mol. The first-order valence-corrected chi connectivity index (χ1v) is 10.7. The predicted octanol–water partition coefficient (Wildman–Crippen LogP) is 3.37. The van der Waals surface area contributed by atoms with Gasteiger partial charge < -0.3 is 15.4 Å². The third-order valence-electron chi connectivity index (χ3n) is 6.92. The number of halogens is 1. The molecule has 7 rings (SSSR count). The van der Waals surface area contributed by atoms with Gasteiger partial charge in [0.1, 0.15) is 17.8 Å². The van der Waals surface area contributed by atoms with Crippen molar-refractivity contribution in [3.63, 3.8) is 0 Å². The van der Waals surface area contributed by atoms with Crippen molar-refractivity contribution in [3.8, 4) is 0 Å². The maximum absolute atomic E-state index is 15.1. The van der Waals surface area contributed by atoms with E-state index in [2.05, 4.69) is 30.9 Å². The van der Waals surface area contributed by atoms with Crippen LogP contribution in [-0.4, -0.2) is 48.7 Å². The molecule has 3 aromatic heterocycles. The number of aryl methyl sites for hydroxylation is 1. The molecule has 4 saturated carbocycles. The number of alkyl halides is 1. The van der Waals surface area contributed by atoms with Gasteiger partial charge in [-0.2, -0.15) is 10.2 Å². The quantitative estimate of drug-likeness (QED) is 0.578. The summed E-state index contributed by atoms with van der Waals surface area (Å²) in [6.07, 6.45) is 5.10. The lowest BCUT2D eigenvalue weighted by Crippen LogP contribution is -2.68. The molecule has 0 saturated heterocycles. The Morgan fingerprint density at radius 2 is 2.16 bits per heavy atom. The molecule has 0 radical (unpaired) electrons. The molecule has 4 aliphatic rings. The van der Waals surface area contributed by atoms with E-state index >= 15 is 4.39 Å². The number of fused-ring (bicyclic) bond motifs is 1. The van der Waals surface area contributed by atoms with Crippen molar-refractivity contribution in [2.75, 3.05) is 5.32 Å². The topological polar surface area (TPSA) is 109 Å². The number of nitrogens with one attached hydrogen (secondary N) is 3. The predicted molar refractivity (Wildman–Crippen MR) is 110 cm³/mol. The number of alkyl carbamates (subject to hydrolysis) is 1. The molecular formula is C21H24FN7O2. The molecule has 0 unspecified atom stereocenters. The maximum Gasteiger partial charge on any atom is 0.407 e. The summed E-state index contributed by atoms with van der Waals surface area (Å²) in [5.74, 6) is 1.54. The zero-order valence-corrected chi connectivity index (χ0v) is 17.1. The SMILES string of the molecule is Cc1cc2c(Nc3cc([C@@H]4CC[C@H](OC(=O)NC56CC(C5)C6)[C@@H]4F)[nH]n3)nccn2n1. The average molecular weight is 425 g/mol. The van der Waals surface area contributed by atoms with E-state index in [4.69, 9.17) is 4.74 Å². The number of rotatable bonds is 5. The standard InChI is InChI=1S/C21H24FN7O2/c1-11-6-15-19(23-4-5-29(15)28-11)24-17-7-14(26-27-17)13-2-3-16(18(13)22)31-20(30)25-21-8-12(9-21)10-21/h4-7,12-13,16,18H,2-3,8-10H2,1H3,(H,25,30)(H2,23,24,26,27)/t12?,13-,16-,18+,21?/m0/s1. The number of ether oxygens (including phenoxy) is 1. The summed E-state index contributed by atoms with van der Waals surface area (Å²) in [6, 6.07) is 3.72. The van der Waals surface area contributed by atoms with Gasteiger partial charge in [-0.1, -0.05) is 0 Å². The molecule has 0 spiro atoms. The van der Waals surface area contributed by atoms with Crippen LogP contribution in [0.5, 0.6) is 0 Å². The molecule has 162 valence electrons. The summed E-state index contributed by atoms with van der Waals surface area (Å²) in [6.45, 7) is 1.92. The number of carbonyl (C=O) groups is 1. The van der Waals surface area contributed by atoms with Crippen molar-refractivity contribution in [1.82, 2.24) is 30.1 Å². The highest BCUT2D eigenvalue weighted by atomic mass is 19.1. The second kappa shape index (κ2) is 6.66. The number of aromatic nitrogens is 5. The summed E-state index contributed by atoms with van der Waals surface area (Å²) in [5, 5.41) is 17.7. The molecule has 3 N–H and O–H groups in total. The third-order valence-corrected chi connectivity index (χ3v) is 6.92. The van der Waals surface area contributed by atoms with E-state index in [0.29, 0.717) is 30.2 Å². The molecule has 4 aliphatic carbocycles. The van der Waals surface area contributed by atoms with Crippen molar-refractivity contribution in [3.05, 3.63) is 35.9 Å². The lowest BCUT2D eigenvalue weighted by Gasteiger charge is -2.61. The second-order valence-corrected chi connectivity index (χ2v) is 9.18. The summed E-state index contributed by atoms with van der Waals surface area (Å²) < 4.78 is 22.3. The number of carbonyl (C=O) groups excluding carboxylic acids is 1. The molecular weight excluding hydrogens is 401 g/mol. The number of hydrogen-bond acceptors (Lipinski definition) is 6. The largest absolute Gasteiger partial charge is 0.443 e. The highest BCUT2D eigenvalue weighted by Gasteiger charge is 2.58. The molecule has 31 heavy (non-hydrogen) atoms. The summed E-state index contributed by atoms with van der Waals surface area (Å²) in [4.78, 5) is 16.6. The van der Waals surface area contributed by atoms with Crippen molar-refractivity contribution in [1.29, 1.82) is 0 Å². The highest BCUT2D eigenvalue weighted by Crippen LogP contribution is 2.57. The molecule has 3 heterocycles. The van der Waals surface area contributed by atoms with Crippen LogP contribution in [0.25, 0.3) is 5.52 Å². The van der Waals surface area contributed by atoms with E-state index in [0.717, 1.165) is 36.4 Å². The van der Waals surface area contributed by atoms with Crippen LogP contribution in [0, 0.1) is 12.8 Å². The zero-order chi connectivity index (χ0) is 21.2. The Labute approximate surface area is 177 Å². The van der Waals surface area contributed by atoms with Crippen molar-refractivity contribution >= 4 is 23.2 Å². The van der Waals surface area contributed by atoms with Crippen molar-refractivity contribution < 1.29 is 13.9 Å². The Hall–Kier alpha value is -3.17. The van der Waals surface area contributed by atoms with Crippen LogP contribution >= 0.6 is 0 Å². The van der Waals surface area contributed by atoms with E-state index in [9.17, 15) is 4.79 Å². The average Bonchev–Trinajstić information content (AvgIpc) is 3.37. The molecule has 2 bridgehead atoms. The van der Waals surface area contributed by atoms with E-state index in [-0.39, 0.29) is 5.54 Å². The fourth-order valence-electron chi connectivity index (χ4n) is 5.24. The van der Waals surface area contributed by atoms with Gasteiger partial charge in [0.25, 0.3) is 0 Å². The fourth-order valence-corrected chi connectivity index (χ4v) is 5.24. The number of H-pyrrole nitrogens is 1. The molecule has 9 nitrogen and oxygen atoms in total. The molecule has 1 amide bonds. The van der Waals surface area contributed by atoms with Crippen molar-refractivity contribution in [2.45, 2.75) is 62.8 Å². The first kappa shape index (κ1) is 18.6. The molecule has 4 fully saturated rings. The van der Waals surface area contributed by atoms with E-state index in [1.165, 1.54) is 0 Å². The van der Waals surface area contributed by atoms with Gasteiger partial charge in [-0.3, -0.25) is 5.10 Å². The minimum atomic E-state index is -1.27. The second-order valence-electron chi connectivity index (χ2n) is 9.18. The smallest absolute Gasteiger partial charge is 0.407 e. The van der Waals surface area contributed by atoms with Crippen LogP contribution in [0.4, 0.5) is 20.8 Å². The Bertz CT molecular complexity index is 1140. The van der Waals surface area contributed by atoms with Crippen LogP contribution in [-0.2, 0) is 4.74 Å². The van der Waals surface area contributed by atoms with E-state index in [1.54, 1.807) is 23.0 Å². The van der Waals surface area contributed by atoms with Gasteiger partial charge >= 0.3 is 6.09 Å². The minimum absolute atomic E-state index is 0.0690. The van der Waals surface area contributed by atoms with Gasteiger partial charge in [-0.15, -0.1) is 0 Å². The first-order valence-electron chi connectivity index (χ1n) is 10.7. The van der Waals surface area contributed by atoms with Crippen LogP contribution < -0.4 is 10.6 Å². The molecule has 3 atom stereocenters. The number of anilines is 2. The lowest BCUT2D eigenvalue weighted by molar-refractivity contribution is -0.0532. The Balaban J connectivity index is 1.11. The molecule has 3 aromatic rings. The number of nitrogens with zero attached hydrogens (tertiary/aromatic N) is 4. The van der Waals surface area contributed by atoms with Crippen LogP contribution in [0.15, 0.2) is 24.5 Å². The van der Waals surface area contributed by atoms with Gasteiger partial charge in [-0.05, 0) is 51.0 Å². The summed E-state index contributed by atoms with van der Waals surface area (Å²) in [5.41, 5.74) is 2.32. The first-order chi connectivity index (χ1) is 15.0. The number of amides is 1. The molecule has 0 aromatic carbocycles. The van der Waals surface area contributed by atoms with Gasteiger partial charge in [0.15, 0.2) is 11.6 Å². The van der Waals surface area contributed by atoms with Crippen LogP contribution in [0.3, 0.4) is 0 Å².